The van der Waals surface area contributed by atoms with Gasteiger partial charge >= 0.3 is 0 Å². The maximum absolute atomic E-state index is 9.59. The fraction of sp³-hybridized carbons (Fsp3) is 1.00. The molecule has 2 atom stereocenters. The SMILES string of the molecule is CNC[C@@H]1CCN(C)C[C@H]1O. The standard InChI is InChI=1S/C8H18N2O/c1-9-5-7-3-4-10(2)6-8(7)11/h7-9,11H,3-6H2,1-2H3/t7-,8+/m0/s1. The van der Waals surface area contributed by atoms with Crippen molar-refractivity contribution in [2.45, 2.75) is 12.5 Å². The highest BCUT2D eigenvalue weighted by Gasteiger charge is 2.24. The third-order valence-corrected chi connectivity index (χ3v) is 2.39. The first kappa shape index (κ1) is 8.97. The average Bonchev–Trinajstić information content (AvgIpc) is 1.95. The molecule has 0 aromatic carbocycles. The highest BCUT2D eigenvalue weighted by Crippen LogP contribution is 2.15. The van der Waals surface area contributed by atoms with Gasteiger partial charge in [-0.15, -0.1) is 0 Å². The van der Waals surface area contributed by atoms with E-state index in [2.05, 4.69) is 17.3 Å². The first-order chi connectivity index (χ1) is 5.24. The Morgan fingerprint density at radius 3 is 2.91 bits per heavy atom. The van der Waals surface area contributed by atoms with Crippen LogP contribution in [0.5, 0.6) is 0 Å². The van der Waals surface area contributed by atoms with Gasteiger partial charge in [-0.2, -0.15) is 0 Å². The van der Waals surface area contributed by atoms with Gasteiger partial charge in [-0.3, -0.25) is 0 Å². The van der Waals surface area contributed by atoms with Crippen molar-refractivity contribution in [3.8, 4) is 0 Å². The van der Waals surface area contributed by atoms with Crippen LogP contribution in [0.25, 0.3) is 0 Å². The summed E-state index contributed by atoms with van der Waals surface area (Å²) in [6, 6.07) is 0. The van der Waals surface area contributed by atoms with Crippen LogP contribution in [0.15, 0.2) is 0 Å². The van der Waals surface area contributed by atoms with E-state index < -0.39 is 0 Å². The smallest absolute Gasteiger partial charge is 0.0707 e. The second-order valence-corrected chi connectivity index (χ2v) is 3.44. The summed E-state index contributed by atoms with van der Waals surface area (Å²) in [7, 11) is 3.99. The van der Waals surface area contributed by atoms with E-state index in [0.717, 1.165) is 26.1 Å². The maximum Gasteiger partial charge on any atom is 0.0707 e. The van der Waals surface area contributed by atoms with Gasteiger partial charge in [0.1, 0.15) is 0 Å². The third-order valence-electron chi connectivity index (χ3n) is 2.39. The zero-order valence-corrected chi connectivity index (χ0v) is 7.38. The Kier molecular flexibility index (Phi) is 3.30. The second-order valence-electron chi connectivity index (χ2n) is 3.44. The highest BCUT2D eigenvalue weighted by atomic mass is 16.3. The van der Waals surface area contributed by atoms with Crippen LogP contribution in [0, 0.1) is 5.92 Å². The van der Waals surface area contributed by atoms with E-state index in [1.165, 1.54) is 0 Å². The number of likely N-dealkylation sites (N-methyl/N-ethyl adjacent to an activating group) is 1. The lowest BCUT2D eigenvalue weighted by Crippen LogP contribution is -2.44. The number of hydrogen-bond donors (Lipinski definition) is 2. The summed E-state index contributed by atoms with van der Waals surface area (Å²) in [5, 5.41) is 12.7. The number of nitrogens with one attached hydrogen (secondary N) is 1. The molecule has 0 unspecified atom stereocenters. The summed E-state index contributed by atoms with van der Waals surface area (Å²) in [5.74, 6) is 0.455. The summed E-state index contributed by atoms with van der Waals surface area (Å²) in [5.41, 5.74) is 0. The largest absolute Gasteiger partial charge is 0.391 e. The number of piperidine rings is 1. The van der Waals surface area contributed by atoms with E-state index in [4.69, 9.17) is 0 Å². The minimum Gasteiger partial charge on any atom is -0.391 e. The fourth-order valence-corrected chi connectivity index (χ4v) is 1.64. The van der Waals surface area contributed by atoms with Crippen LogP contribution in [-0.2, 0) is 0 Å². The number of hydrogen-bond acceptors (Lipinski definition) is 3. The summed E-state index contributed by atoms with van der Waals surface area (Å²) < 4.78 is 0. The summed E-state index contributed by atoms with van der Waals surface area (Å²) >= 11 is 0. The lowest BCUT2D eigenvalue weighted by Gasteiger charge is -2.33. The van der Waals surface area contributed by atoms with Gasteiger partial charge in [-0.05, 0) is 33.0 Å². The molecule has 0 saturated carbocycles. The van der Waals surface area contributed by atoms with Gasteiger partial charge in [0.05, 0.1) is 6.10 Å². The summed E-state index contributed by atoms with van der Waals surface area (Å²) in [6.07, 6.45) is 0.972. The van der Waals surface area contributed by atoms with E-state index in [-0.39, 0.29) is 6.10 Å². The lowest BCUT2D eigenvalue weighted by atomic mass is 9.94. The molecule has 0 aromatic rings. The van der Waals surface area contributed by atoms with Crippen molar-refractivity contribution < 1.29 is 5.11 Å². The number of nitrogens with zero attached hydrogens (tertiary/aromatic N) is 1. The van der Waals surface area contributed by atoms with Crippen LogP contribution >= 0.6 is 0 Å². The van der Waals surface area contributed by atoms with Gasteiger partial charge in [0, 0.05) is 13.1 Å². The number of aliphatic hydroxyl groups is 1. The Morgan fingerprint density at radius 1 is 1.64 bits per heavy atom. The summed E-state index contributed by atoms with van der Waals surface area (Å²) in [6.45, 7) is 2.88. The Morgan fingerprint density at radius 2 is 2.36 bits per heavy atom. The average molecular weight is 158 g/mol. The van der Waals surface area contributed by atoms with Crippen molar-refractivity contribution in [2.75, 3.05) is 33.7 Å². The molecule has 2 N–H and O–H groups in total. The Hall–Kier alpha value is -0.120. The molecule has 0 aliphatic carbocycles. The molecule has 0 aromatic heterocycles. The van der Waals surface area contributed by atoms with Crippen LogP contribution in [0.1, 0.15) is 6.42 Å². The molecular formula is C8H18N2O. The molecule has 1 heterocycles. The molecule has 1 fully saturated rings. The molecule has 0 radical (unpaired) electrons. The van der Waals surface area contributed by atoms with Gasteiger partial charge < -0.3 is 15.3 Å². The van der Waals surface area contributed by atoms with Crippen molar-refractivity contribution >= 4 is 0 Å². The zero-order valence-electron chi connectivity index (χ0n) is 7.38. The van der Waals surface area contributed by atoms with Crippen molar-refractivity contribution in [3.05, 3.63) is 0 Å². The van der Waals surface area contributed by atoms with Crippen LogP contribution in [0.2, 0.25) is 0 Å². The lowest BCUT2D eigenvalue weighted by molar-refractivity contribution is 0.0334. The normalized spacial score (nSPS) is 34.1. The Labute approximate surface area is 68.4 Å². The molecule has 1 saturated heterocycles. The topological polar surface area (TPSA) is 35.5 Å². The molecule has 11 heavy (non-hydrogen) atoms. The minimum atomic E-state index is -0.138. The zero-order chi connectivity index (χ0) is 8.27. The highest BCUT2D eigenvalue weighted by molar-refractivity contribution is 4.79. The minimum absolute atomic E-state index is 0.138. The Bertz CT molecular complexity index is 119. The number of aliphatic hydroxyl groups excluding tert-OH is 1. The number of likely N-dealkylation sites (tertiary alicyclic amines) is 1. The fourth-order valence-electron chi connectivity index (χ4n) is 1.64. The monoisotopic (exact) mass is 158 g/mol. The summed E-state index contributed by atoms with van der Waals surface area (Å²) in [4.78, 5) is 2.18. The van der Waals surface area contributed by atoms with Crippen molar-refractivity contribution in [1.82, 2.24) is 10.2 Å². The van der Waals surface area contributed by atoms with Crippen molar-refractivity contribution in [3.63, 3.8) is 0 Å². The quantitative estimate of drug-likeness (QED) is 0.570. The molecule has 0 amide bonds. The van der Waals surface area contributed by atoms with Crippen LogP contribution in [0.3, 0.4) is 0 Å². The molecule has 3 nitrogen and oxygen atoms in total. The predicted octanol–water partition coefficient (Wildman–Crippen LogP) is -0.482. The molecular weight excluding hydrogens is 140 g/mol. The van der Waals surface area contributed by atoms with E-state index in [1.807, 2.05) is 7.05 Å². The van der Waals surface area contributed by atoms with Crippen LogP contribution in [0.4, 0.5) is 0 Å². The van der Waals surface area contributed by atoms with Gasteiger partial charge in [0.25, 0.3) is 0 Å². The van der Waals surface area contributed by atoms with E-state index in [9.17, 15) is 5.11 Å². The molecule has 1 aliphatic heterocycles. The van der Waals surface area contributed by atoms with Crippen LogP contribution < -0.4 is 5.32 Å². The first-order valence-corrected chi connectivity index (χ1v) is 4.25. The predicted molar refractivity (Wildman–Crippen MR) is 45.5 cm³/mol. The van der Waals surface area contributed by atoms with E-state index >= 15 is 0 Å². The van der Waals surface area contributed by atoms with Crippen LogP contribution in [-0.4, -0.2) is 49.8 Å². The van der Waals surface area contributed by atoms with E-state index in [1.54, 1.807) is 0 Å². The molecule has 1 aliphatic rings. The van der Waals surface area contributed by atoms with Crippen molar-refractivity contribution in [1.29, 1.82) is 0 Å². The van der Waals surface area contributed by atoms with Gasteiger partial charge in [-0.25, -0.2) is 0 Å². The molecule has 0 spiro atoms. The van der Waals surface area contributed by atoms with Gasteiger partial charge in [-0.1, -0.05) is 0 Å². The second kappa shape index (κ2) is 4.04. The molecule has 0 bridgehead atoms. The Balaban J connectivity index is 2.31. The van der Waals surface area contributed by atoms with E-state index in [0.29, 0.717) is 5.92 Å². The third kappa shape index (κ3) is 2.43. The first-order valence-electron chi connectivity index (χ1n) is 4.25. The number of β-amino-alcohol motifs (C(OH)–C–C–N with tert-alkyl or cyclic N) is 1. The molecule has 1 rings (SSSR count). The molecule has 66 valence electrons. The number of rotatable bonds is 2. The van der Waals surface area contributed by atoms with Crippen molar-refractivity contribution in [2.24, 2.45) is 5.92 Å². The maximum atomic E-state index is 9.59. The molecule has 3 heteroatoms. The van der Waals surface area contributed by atoms with Gasteiger partial charge in [0.15, 0.2) is 0 Å². The van der Waals surface area contributed by atoms with Gasteiger partial charge in [0.2, 0.25) is 0 Å².